The molecule has 0 amide bonds. The lowest BCUT2D eigenvalue weighted by molar-refractivity contribution is 0.580. The number of aromatic nitrogens is 1. The normalized spacial score (nSPS) is 10.5. The number of fused-ring (bicyclic) bond motifs is 1. The second-order valence-corrected chi connectivity index (χ2v) is 2.79. The number of rotatable bonds is 0. The Hall–Kier alpha value is -1.44. The van der Waals surface area contributed by atoms with E-state index in [9.17, 15) is 4.39 Å². The van der Waals surface area contributed by atoms with Crippen LogP contribution in [0.4, 0.5) is 4.39 Å². The predicted octanol–water partition coefficient (Wildman–Crippen LogP) is 2.68. The zero-order valence-electron chi connectivity index (χ0n) is 6.71. The average Bonchev–Trinajstić information content (AvgIpc) is 2.07. The molecule has 0 saturated heterocycles. The van der Waals surface area contributed by atoms with Crippen molar-refractivity contribution in [2.24, 2.45) is 0 Å². The number of nitrogens with zero attached hydrogens (tertiary/aromatic N) is 1. The van der Waals surface area contributed by atoms with Crippen LogP contribution >= 0.6 is 0 Å². The molecule has 2 aromatic rings. The minimum Gasteiger partial charge on any atom is -0.219 e. The summed E-state index contributed by atoms with van der Waals surface area (Å²) in [5.41, 5.74) is 1.30. The summed E-state index contributed by atoms with van der Waals surface area (Å²) in [6.07, 6.45) is 0. The van der Waals surface area contributed by atoms with Gasteiger partial charge in [-0.3, -0.25) is 0 Å². The third-order valence-electron chi connectivity index (χ3n) is 1.85. The molecule has 60 valence electrons. The summed E-state index contributed by atoms with van der Waals surface area (Å²) < 4.78 is 12.9. The molecular weight excluding hydrogens is 153 g/mol. The molecule has 0 N–H and O–H groups in total. The fraction of sp³-hybridized carbons (Fsp3) is 0.100. The molecule has 12 heavy (non-hydrogen) atoms. The van der Waals surface area contributed by atoms with Crippen LogP contribution in [0.1, 0.15) is 5.56 Å². The summed E-state index contributed by atoms with van der Waals surface area (Å²) in [5, 5.41) is 0.983. The Morgan fingerprint density at radius 3 is 2.83 bits per heavy atom. The Labute approximate surface area is 69.9 Å². The number of hydrogen-bond donors (Lipinski definition) is 0. The molecule has 0 aliphatic heterocycles. The number of hydrogen-bond acceptors (Lipinski definition) is 1. The van der Waals surface area contributed by atoms with Gasteiger partial charge in [0, 0.05) is 10.9 Å². The zero-order valence-corrected chi connectivity index (χ0v) is 6.71. The highest BCUT2D eigenvalue weighted by atomic mass is 19.1. The molecule has 0 aliphatic carbocycles. The second kappa shape index (κ2) is 2.55. The summed E-state index contributed by atoms with van der Waals surface area (Å²) in [6, 6.07) is 9.30. The van der Waals surface area contributed by atoms with Crippen molar-refractivity contribution < 1.29 is 4.39 Å². The zero-order chi connectivity index (χ0) is 8.55. The Bertz CT molecular complexity index is 383. The quantitative estimate of drug-likeness (QED) is 0.541. The molecule has 1 heterocycles. The van der Waals surface area contributed by atoms with Gasteiger partial charge < -0.3 is 0 Å². The second-order valence-electron chi connectivity index (χ2n) is 2.79. The maximum atomic E-state index is 12.9. The molecule has 1 aromatic carbocycles. The van der Waals surface area contributed by atoms with Crippen LogP contribution in [0.2, 0.25) is 0 Å². The highest BCUT2D eigenvalue weighted by molar-refractivity contribution is 5.78. The Morgan fingerprint density at radius 2 is 2.00 bits per heavy atom. The molecule has 1 nitrogen and oxygen atoms in total. The van der Waals surface area contributed by atoms with Gasteiger partial charge in [0.1, 0.15) is 0 Å². The molecule has 0 bridgehead atoms. The Kier molecular flexibility index (Phi) is 1.54. The molecule has 1 aromatic heterocycles. The van der Waals surface area contributed by atoms with Gasteiger partial charge in [-0.15, -0.1) is 0 Å². The number of halogens is 1. The first kappa shape index (κ1) is 7.22. The van der Waals surface area contributed by atoms with Crippen LogP contribution in [0.5, 0.6) is 0 Å². The van der Waals surface area contributed by atoms with Crippen molar-refractivity contribution in [3.8, 4) is 0 Å². The molecule has 2 rings (SSSR count). The van der Waals surface area contributed by atoms with Gasteiger partial charge in [-0.2, -0.15) is 4.39 Å². The van der Waals surface area contributed by atoms with Gasteiger partial charge in [-0.05, 0) is 19.1 Å². The van der Waals surface area contributed by atoms with E-state index in [1.807, 2.05) is 18.2 Å². The van der Waals surface area contributed by atoms with Gasteiger partial charge >= 0.3 is 0 Å². The fourth-order valence-electron chi connectivity index (χ4n) is 1.20. The van der Waals surface area contributed by atoms with E-state index in [1.165, 1.54) is 0 Å². The molecule has 0 saturated carbocycles. The van der Waals surface area contributed by atoms with Crippen molar-refractivity contribution in [3.63, 3.8) is 0 Å². The first-order chi connectivity index (χ1) is 5.77. The largest absolute Gasteiger partial charge is 0.219 e. The van der Waals surface area contributed by atoms with E-state index in [2.05, 4.69) is 4.98 Å². The van der Waals surface area contributed by atoms with E-state index in [1.54, 1.807) is 19.1 Å². The van der Waals surface area contributed by atoms with Crippen LogP contribution in [0, 0.1) is 12.9 Å². The van der Waals surface area contributed by atoms with Crippen LogP contribution < -0.4 is 0 Å². The maximum Gasteiger partial charge on any atom is 0.216 e. The molecule has 0 fully saturated rings. The van der Waals surface area contributed by atoms with Gasteiger partial charge in [0.25, 0.3) is 0 Å². The van der Waals surface area contributed by atoms with E-state index in [0.717, 1.165) is 5.39 Å². The topological polar surface area (TPSA) is 12.9 Å². The highest BCUT2D eigenvalue weighted by Crippen LogP contribution is 2.14. The fourth-order valence-corrected chi connectivity index (χ4v) is 1.20. The third-order valence-corrected chi connectivity index (χ3v) is 1.85. The molecular formula is C10H8FN. The lowest BCUT2D eigenvalue weighted by atomic mass is 10.2. The van der Waals surface area contributed by atoms with Crippen LogP contribution in [-0.2, 0) is 0 Å². The molecule has 0 atom stereocenters. The number of aryl methyl sites for hydroxylation is 1. The van der Waals surface area contributed by atoms with E-state index < -0.39 is 0 Å². The molecule has 0 aliphatic rings. The SMILES string of the molecule is Cc1cc2ccccc2nc1F. The van der Waals surface area contributed by atoms with E-state index in [-0.39, 0.29) is 5.95 Å². The minimum absolute atomic E-state index is 0.381. The highest BCUT2D eigenvalue weighted by Gasteiger charge is 2.00. The van der Waals surface area contributed by atoms with Crippen molar-refractivity contribution in [2.75, 3.05) is 0 Å². The van der Waals surface area contributed by atoms with E-state index in [4.69, 9.17) is 0 Å². The smallest absolute Gasteiger partial charge is 0.216 e. The number of benzene rings is 1. The molecule has 0 unspecified atom stereocenters. The minimum atomic E-state index is -0.381. The van der Waals surface area contributed by atoms with Crippen LogP contribution in [-0.4, -0.2) is 4.98 Å². The summed E-state index contributed by atoms with van der Waals surface area (Å²) >= 11 is 0. The maximum absolute atomic E-state index is 12.9. The van der Waals surface area contributed by atoms with Gasteiger partial charge in [0.05, 0.1) is 5.52 Å². The molecule has 0 spiro atoms. The molecule has 0 radical (unpaired) electrons. The van der Waals surface area contributed by atoms with Crippen molar-refractivity contribution in [3.05, 3.63) is 41.8 Å². The average molecular weight is 161 g/mol. The Balaban J connectivity index is 2.84. The summed E-state index contributed by atoms with van der Waals surface area (Å²) in [6.45, 7) is 1.72. The number of para-hydroxylation sites is 1. The lowest BCUT2D eigenvalue weighted by Gasteiger charge is -1.98. The van der Waals surface area contributed by atoms with Gasteiger partial charge in [0.2, 0.25) is 5.95 Å². The summed E-state index contributed by atoms with van der Waals surface area (Å²) in [5.74, 6) is -0.381. The van der Waals surface area contributed by atoms with Crippen LogP contribution in [0.15, 0.2) is 30.3 Å². The van der Waals surface area contributed by atoms with Crippen LogP contribution in [0.3, 0.4) is 0 Å². The van der Waals surface area contributed by atoms with Crippen molar-refractivity contribution in [1.82, 2.24) is 4.98 Å². The first-order valence-electron chi connectivity index (χ1n) is 3.79. The van der Waals surface area contributed by atoms with Gasteiger partial charge in [0.15, 0.2) is 0 Å². The molecule has 2 heteroatoms. The third kappa shape index (κ3) is 1.05. The Morgan fingerprint density at radius 1 is 1.25 bits per heavy atom. The van der Waals surface area contributed by atoms with Gasteiger partial charge in [-0.1, -0.05) is 18.2 Å². The van der Waals surface area contributed by atoms with E-state index in [0.29, 0.717) is 11.1 Å². The van der Waals surface area contributed by atoms with Crippen molar-refractivity contribution in [1.29, 1.82) is 0 Å². The van der Waals surface area contributed by atoms with E-state index >= 15 is 0 Å². The lowest BCUT2D eigenvalue weighted by Crippen LogP contribution is -1.88. The standard InChI is InChI=1S/C10H8FN/c1-7-6-8-4-2-3-5-9(8)12-10(7)11/h2-6H,1H3. The van der Waals surface area contributed by atoms with Crippen molar-refractivity contribution in [2.45, 2.75) is 6.92 Å². The monoisotopic (exact) mass is 161 g/mol. The van der Waals surface area contributed by atoms with Crippen LogP contribution in [0.25, 0.3) is 10.9 Å². The first-order valence-corrected chi connectivity index (χ1v) is 3.79. The summed E-state index contributed by atoms with van der Waals surface area (Å²) in [7, 11) is 0. The van der Waals surface area contributed by atoms with Crippen molar-refractivity contribution >= 4 is 10.9 Å². The number of pyridine rings is 1. The summed E-state index contributed by atoms with van der Waals surface area (Å²) in [4.78, 5) is 3.81. The van der Waals surface area contributed by atoms with Gasteiger partial charge in [-0.25, -0.2) is 4.98 Å². The predicted molar refractivity (Wildman–Crippen MR) is 46.4 cm³/mol.